The van der Waals surface area contributed by atoms with Crippen LogP contribution in [0.3, 0.4) is 0 Å². The highest BCUT2D eigenvalue weighted by atomic mass is 16.2. The van der Waals surface area contributed by atoms with Gasteiger partial charge >= 0.3 is 0 Å². The summed E-state index contributed by atoms with van der Waals surface area (Å²) in [4.78, 5) is 31.0. The molecule has 0 unspecified atom stereocenters. The van der Waals surface area contributed by atoms with Gasteiger partial charge in [-0.1, -0.05) is 19.3 Å². The van der Waals surface area contributed by atoms with Crippen LogP contribution in [0.25, 0.3) is 0 Å². The molecule has 2 fully saturated rings. The van der Waals surface area contributed by atoms with Crippen molar-refractivity contribution < 1.29 is 9.59 Å². The molecule has 25 heavy (non-hydrogen) atoms. The zero-order valence-electron chi connectivity index (χ0n) is 15.7. The number of rotatable bonds is 6. The molecule has 0 aromatic rings. The SMILES string of the molecule is CC(C)N(CCC#N)C(=O)CN1CCN(C(=O)C2CCCCC2)CC1. The second kappa shape index (κ2) is 9.76. The van der Waals surface area contributed by atoms with Crippen LogP contribution >= 0.6 is 0 Å². The van der Waals surface area contributed by atoms with Crippen LogP contribution in [-0.4, -0.2) is 71.8 Å². The van der Waals surface area contributed by atoms with E-state index in [4.69, 9.17) is 5.26 Å². The minimum atomic E-state index is 0.0808. The van der Waals surface area contributed by atoms with E-state index in [2.05, 4.69) is 11.0 Å². The molecule has 0 aromatic carbocycles. The number of nitriles is 1. The Bertz CT molecular complexity index is 486. The fourth-order valence-corrected chi connectivity index (χ4v) is 3.86. The van der Waals surface area contributed by atoms with Crippen LogP contribution in [0.4, 0.5) is 0 Å². The van der Waals surface area contributed by atoms with Crippen LogP contribution in [0.5, 0.6) is 0 Å². The van der Waals surface area contributed by atoms with Gasteiger partial charge in [-0.15, -0.1) is 0 Å². The van der Waals surface area contributed by atoms with Crippen molar-refractivity contribution in [2.45, 2.75) is 58.4 Å². The van der Waals surface area contributed by atoms with E-state index >= 15 is 0 Å². The highest BCUT2D eigenvalue weighted by Gasteiger charge is 2.29. The van der Waals surface area contributed by atoms with Gasteiger partial charge < -0.3 is 9.80 Å². The van der Waals surface area contributed by atoms with E-state index in [1.54, 1.807) is 4.90 Å². The fourth-order valence-electron chi connectivity index (χ4n) is 3.86. The Morgan fingerprint density at radius 1 is 1.12 bits per heavy atom. The molecular weight excluding hydrogens is 316 g/mol. The highest BCUT2D eigenvalue weighted by molar-refractivity contribution is 5.80. The van der Waals surface area contributed by atoms with Crippen LogP contribution in [0.1, 0.15) is 52.4 Å². The molecule has 1 aliphatic heterocycles. The predicted octanol–water partition coefficient (Wildman–Crippen LogP) is 1.86. The third-order valence-electron chi connectivity index (χ3n) is 5.41. The third kappa shape index (κ3) is 5.71. The van der Waals surface area contributed by atoms with Crippen molar-refractivity contribution in [1.82, 2.24) is 14.7 Å². The van der Waals surface area contributed by atoms with Gasteiger partial charge in [0.05, 0.1) is 19.0 Å². The average Bonchev–Trinajstić information content (AvgIpc) is 2.62. The molecule has 1 aliphatic carbocycles. The quantitative estimate of drug-likeness (QED) is 0.735. The van der Waals surface area contributed by atoms with Gasteiger partial charge in [-0.2, -0.15) is 5.26 Å². The first-order valence-corrected chi connectivity index (χ1v) is 9.70. The number of amides is 2. The molecule has 2 amide bonds. The van der Waals surface area contributed by atoms with Crippen molar-refractivity contribution in [2.24, 2.45) is 5.92 Å². The summed E-state index contributed by atoms with van der Waals surface area (Å²) in [7, 11) is 0. The van der Waals surface area contributed by atoms with Crippen molar-refractivity contribution in [3.05, 3.63) is 0 Å². The summed E-state index contributed by atoms with van der Waals surface area (Å²) in [5, 5.41) is 8.75. The highest BCUT2D eigenvalue weighted by Crippen LogP contribution is 2.25. The fraction of sp³-hybridized carbons (Fsp3) is 0.842. The first-order valence-electron chi connectivity index (χ1n) is 9.70. The lowest BCUT2D eigenvalue weighted by molar-refractivity contribution is -0.139. The molecule has 140 valence electrons. The molecule has 0 radical (unpaired) electrons. The lowest BCUT2D eigenvalue weighted by atomic mass is 9.88. The normalized spacial score (nSPS) is 19.7. The van der Waals surface area contributed by atoms with Gasteiger partial charge in [0.25, 0.3) is 0 Å². The largest absolute Gasteiger partial charge is 0.340 e. The molecule has 0 aromatic heterocycles. The number of carbonyl (C=O) groups excluding carboxylic acids is 2. The maximum atomic E-state index is 12.6. The van der Waals surface area contributed by atoms with E-state index in [1.165, 1.54) is 19.3 Å². The Morgan fingerprint density at radius 2 is 1.76 bits per heavy atom. The summed E-state index contributed by atoms with van der Waals surface area (Å²) in [6, 6.07) is 2.22. The molecular formula is C19H32N4O2. The smallest absolute Gasteiger partial charge is 0.237 e. The molecule has 2 rings (SSSR count). The standard InChI is InChI=1S/C19H32N4O2/c1-16(2)23(10-6-9-20)18(24)15-21-11-13-22(14-12-21)19(25)17-7-4-3-5-8-17/h16-17H,3-8,10-15H2,1-2H3. The summed E-state index contributed by atoms with van der Waals surface area (Å²) in [6.45, 7) is 7.81. The maximum Gasteiger partial charge on any atom is 0.237 e. The summed E-state index contributed by atoms with van der Waals surface area (Å²) in [5.74, 6) is 0.630. The third-order valence-corrected chi connectivity index (χ3v) is 5.41. The minimum absolute atomic E-state index is 0.0808. The second-order valence-electron chi connectivity index (χ2n) is 7.53. The predicted molar refractivity (Wildman–Crippen MR) is 96.7 cm³/mol. The van der Waals surface area contributed by atoms with E-state index in [9.17, 15) is 9.59 Å². The monoisotopic (exact) mass is 348 g/mol. The van der Waals surface area contributed by atoms with Crippen molar-refractivity contribution >= 4 is 11.8 Å². The molecule has 6 nitrogen and oxygen atoms in total. The minimum Gasteiger partial charge on any atom is -0.340 e. The summed E-state index contributed by atoms with van der Waals surface area (Å²) < 4.78 is 0. The van der Waals surface area contributed by atoms with Gasteiger partial charge in [0.15, 0.2) is 0 Å². The lowest BCUT2D eigenvalue weighted by Crippen LogP contribution is -2.53. The average molecular weight is 348 g/mol. The van der Waals surface area contributed by atoms with E-state index in [0.717, 1.165) is 39.0 Å². The van der Waals surface area contributed by atoms with Crippen molar-refractivity contribution in [2.75, 3.05) is 39.3 Å². The van der Waals surface area contributed by atoms with Gasteiger partial charge in [0.2, 0.25) is 11.8 Å². The zero-order chi connectivity index (χ0) is 18.2. The Hall–Kier alpha value is -1.61. The molecule has 6 heteroatoms. The van der Waals surface area contributed by atoms with E-state index in [-0.39, 0.29) is 17.9 Å². The number of hydrogen-bond acceptors (Lipinski definition) is 4. The maximum absolute atomic E-state index is 12.6. The van der Waals surface area contributed by atoms with Crippen LogP contribution in [0, 0.1) is 17.2 Å². The number of nitrogens with zero attached hydrogens (tertiary/aromatic N) is 4. The lowest BCUT2D eigenvalue weighted by Gasteiger charge is -2.38. The molecule has 1 saturated heterocycles. The van der Waals surface area contributed by atoms with Crippen LogP contribution in [-0.2, 0) is 9.59 Å². The Labute approximate surface area is 151 Å². The summed E-state index contributed by atoms with van der Waals surface area (Å²) in [6.07, 6.45) is 6.07. The van der Waals surface area contributed by atoms with Gasteiger partial charge in [0.1, 0.15) is 0 Å². The summed E-state index contributed by atoms with van der Waals surface area (Å²) >= 11 is 0. The number of piperazine rings is 1. The van der Waals surface area contributed by atoms with Crippen molar-refractivity contribution in [3.63, 3.8) is 0 Å². The molecule has 1 heterocycles. The first kappa shape index (κ1) is 19.7. The number of hydrogen-bond donors (Lipinski definition) is 0. The zero-order valence-corrected chi connectivity index (χ0v) is 15.7. The van der Waals surface area contributed by atoms with Gasteiger partial charge in [0, 0.05) is 44.7 Å². The summed E-state index contributed by atoms with van der Waals surface area (Å²) in [5.41, 5.74) is 0. The molecule has 2 aliphatic rings. The van der Waals surface area contributed by atoms with Gasteiger partial charge in [-0.3, -0.25) is 14.5 Å². The first-order chi connectivity index (χ1) is 12.0. The van der Waals surface area contributed by atoms with Crippen LogP contribution in [0.15, 0.2) is 0 Å². The molecule has 0 spiro atoms. The molecule has 0 N–H and O–H groups in total. The Morgan fingerprint density at radius 3 is 2.32 bits per heavy atom. The van der Waals surface area contributed by atoms with E-state index < -0.39 is 0 Å². The van der Waals surface area contributed by atoms with Gasteiger partial charge in [-0.05, 0) is 26.7 Å². The second-order valence-corrected chi connectivity index (χ2v) is 7.53. The van der Waals surface area contributed by atoms with Crippen LogP contribution < -0.4 is 0 Å². The topological polar surface area (TPSA) is 67.7 Å². The number of carbonyl (C=O) groups is 2. The molecule has 0 atom stereocenters. The molecule has 1 saturated carbocycles. The Balaban J connectivity index is 1.78. The van der Waals surface area contributed by atoms with Crippen molar-refractivity contribution in [3.8, 4) is 6.07 Å². The van der Waals surface area contributed by atoms with Crippen molar-refractivity contribution in [1.29, 1.82) is 5.26 Å². The Kier molecular flexibility index (Phi) is 7.70. The van der Waals surface area contributed by atoms with Gasteiger partial charge in [-0.25, -0.2) is 0 Å². The van der Waals surface area contributed by atoms with E-state index in [0.29, 0.717) is 25.4 Å². The van der Waals surface area contributed by atoms with E-state index in [1.807, 2.05) is 18.7 Å². The van der Waals surface area contributed by atoms with Crippen LogP contribution in [0.2, 0.25) is 0 Å². The molecule has 0 bridgehead atoms.